The van der Waals surface area contributed by atoms with Gasteiger partial charge in [0, 0.05) is 11.6 Å². The summed E-state index contributed by atoms with van der Waals surface area (Å²) in [5, 5.41) is 19.0. The van der Waals surface area contributed by atoms with Gasteiger partial charge in [-0.15, -0.1) is 0 Å². The van der Waals surface area contributed by atoms with Crippen molar-refractivity contribution in [2.75, 3.05) is 0 Å². The average molecular weight is 192 g/mol. The van der Waals surface area contributed by atoms with Gasteiger partial charge in [-0.2, -0.15) is 0 Å². The molecule has 1 fully saturated rings. The normalized spacial score (nSPS) is 19.8. The highest BCUT2D eigenvalue weighted by Crippen LogP contribution is 2.44. The van der Waals surface area contributed by atoms with Crippen LogP contribution in [0.2, 0.25) is 0 Å². The molecule has 0 heterocycles. The van der Waals surface area contributed by atoms with E-state index in [1.807, 2.05) is 6.07 Å². The molecule has 0 amide bonds. The zero-order valence-corrected chi connectivity index (χ0v) is 8.45. The van der Waals surface area contributed by atoms with E-state index in [9.17, 15) is 10.2 Å². The third kappa shape index (κ3) is 1.45. The fraction of sp³-hybridized carbons (Fsp3) is 0.500. The fourth-order valence-electron chi connectivity index (χ4n) is 2.46. The molecular formula is C12H16O2. The Kier molecular flexibility index (Phi) is 2.14. The van der Waals surface area contributed by atoms with E-state index in [-0.39, 0.29) is 16.9 Å². The van der Waals surface area contributed by atoms with Crippen molar-refractivity contribution in [3.8, 4) is 11.5 Å². The third-order valence-electron chi connectivity index (χ3n) is 3.34. The highest BCUT2D eigenvalue weighted by molar-refractivity contribution is 5.43. The molecule has 76 valence electrons. The summed E-state index contributed by atoms with van der Waals surface area (Å²) in [5.74, 6) is 0.363. The summed E-state index contributed by atoms with van der Waals surface area (Å²) in [6, 6.07) is 4.92. The van der Waals surface area contributed by atoms with Gasteiger partial charge in [0.1, 0.15) is 11.5 Å². The van der Waals surface area contributed by atoms with E-state index in [0.29, 0.717) is 0 Å². The number of rotatable bonds is 1. The molecule has 2 heteroatoms. The standard InChI is InChI=1S/C12H16O2/c1-12(6-2-3-7-12)10-5-4-9(13)8-11(10)14/h4-5,8,13-14H,2-3,6-7H2,1H3. The van der Waals surface area contributed by atoms with Crippen LogP contribution in [-0.4, -0.2) is 10.2 Å². The Hall–Kier alpha value is -1.18. The monoisotopic (exact) mass is 192 g/mol. The molecule has 1 aliphatic rings. The molecule has 1 saturated carbocycles. The summed E-state index contributed by atoms with van der Waals surface area (Å²) in [7, 11) is 0. The molecule has 2 rings (SSSR count). The molecule has 1 aromatic carbocycles. The summed E-state index contributed by atoms with van der Waals surface area (Å²) < 4.78 is 0. The lowest BCUT2D eigenvalue weighted by Crippen LogP contribution is -2.16. The fourth-order valence-corrected chi connectivity index (χ4v) is 2.46. The number of hydrogen-bond acceptors (Lipinski definition) is 2. The molecule has 0 bridgehead atoms. The minimum Gasteiger partial charge on any atom is -0.508 e. The van der Waals surface area contributed by atoms with Crippen LogP contribution in [0.5, 0.6) is 11.5 Å². The van der Waals surface area contributed by atoms with Crippen molar-refractivity contribution < 1.29 is 10.2 Å². The van der Waals surface area contributed by atoms with Crippen molar-refractivity contribution in [1.29, 1.82) is 0 Å². The van der Waals surface area contributed by atoms with Crippen LogP contribution in [0.3, 0.4) is 0 Å². The van der Waals surface area contributed by atoms with Gasteiger partial charge < -0.3 is 10.2 Å². The number of phenolic OH excluding ortho intramolecular Hbond substituents is 2. The summed E-state index contributed by atoms with van der Waals surface area (Å²) in [6.45, 7) is 2.19. The van der Waals surface area contributed by atoms with Crippen LogP contribution >= 0.6 is 0 Å². The molecule has 0 aliphatic heterocycles. The Morgan fingerprint density at radius 1 is 1.14 bits per heavy atom. The van der Waals surface area contributed by atoms with Gasteiger partial charge in [0.25, 0.3) is 0 Å². The number of hydrogen-bond donors (Lipinski definition) is 2. The van der Waals surface area contributed by atoms with E-state index in [1.54, 1.807) is 6.07 Å². The van der Waals surface area contributed by atoms with E-state index in [1.165, 1.54) is 18.9 Å². The third-order valence-corrected chi connectivity index (χ3v) is 3.34. The Labute approximate surface area is 84.2 Å². The molecule has 0 aromatic heterocycles. The highest BCUT2D eigenvalue weighted by Gasteiger charge is 2.32. The van der Waals surface area contributed by atoms with E-state index in [2.05, 4.69) is 6.92 Å². The van der Waals surface area contributed by atoms with Gasteiger partial charge in [-0.25, -0.2) is 0 Å². The zero-order valence-electron chi connectivity index (χ0n) is 8.45. The maximum absolute atomic E-state index is 9.76. The highest BCUT2D eigenvalue weighted by atomic mass is 16.3. The second-order valence-corrected chi connectivity index (χ2v) is 4.47. The summed E-state index contributed by atoms with van der Waals surface area (Å²) in [5.41, 5.74) is 1.09. The topological polar surface area (TPSA) is 40.5 Å². The van der Waals surface area contributed by atoms with Gasteiger partial charge in [-0.3, -0.25) is 0 Å². The van der Waals surface area contributed by atoms with Crippen LogP contribution in [0, 0.1) is 0 Å². The summed E-state index contributed by atoms with van der Waals surface area (Å²) in [6.07, 6.45) is 4.73. The Bertz CT molecular complexity index is 338. The van der Waals surface area contributed by atoms with Crippen molar-refractivity contribution in [3.05, 3.63) is 23.8 Å². The quantitative estimate of drug-likeness (QED) is 0.718. The Morgan fingerprint density at radius 2 is 1.79 bits per heavy atom. The first-order valence-electron chi connectivity index (χ1n) is 5.14. The zero-order chi connectivity index (χ0) is 10.2. The second-order valence-electron chi connectivity index (χ2n) is 4.47. The summed E-state index contributed by atoms with van der Waals surface area (Å²) >= 11 is 0. The lowest BCUT2D eigenvalue weighted by atomic mass is 9.80. The molecule has 0 atom stereocenters. The van der Waals surface area contributed by atoms with Crippen LogP contribution in [-0.2, 0) is 5.41 Å². The SMILES string of the molecule is CC1(c2ccc(O)cc2O)CCCC1. The molecule has 2 nitrogen and oxygen atoms in total. The predicted octanol–water partition coefficient (Wildman–Crippen LogP) is 2.93. The Morgan fingerprint density at radius 3 is 2.36 bits per heavy atom. The molecule has 2 N–H and O–H groups in total. The number of benzene rings is 1. The Balaban J connectivity index is 2.40. The van der Waals surface area contributed by atoms with Crippen LogP contribution < -0.4 is 0 Å². The van der Waals surface area contributed by atoms with Gasteiger partial charge >= 0.3 is 0 Å². The number of phenols is 2. The van der Waals surface area contributed by atoms with Crippen molar-refractivity contribution in [2.45, 2.75) is 38.0 Å². The second kappa shape index (κ2) is 3.19. The van der Waals surface area contributed by atoms with Crippen molar-refractivity contribution >= 4 is 0 Å². The molecule has 0 radical (unpaired) electrons. The van der Waals surface area contributed by atoms with Gasteiger partial charge in [0.2, 0.25) is 0 Å². The smallest absolute Gasteiger partial charge is 0.123 e. The van der Waals surface area contributed by atoms with E-state index < -0.39 is 0 Å². The lowest BCUT2D eigenvalue weighted by Gasteiger charge is -2.24. The minimum atomic E-state index is 0.109. The van der Waals surface area contributed by atoms with Gasteiger partial charge in [-0.05, 0) is 24.3 Å². The van der Waals surface area contributed by atoms with Gasteiger partial charge in [-0.1, -0.05) is 25.8 Å². The van der Waals surface area contributed by atoms with Crippen LogP contribution in [0.1, 0.15) is 38.2 Å². The largest absolute Gasteiger partial charge is 0.508 e. The summed E-state index contributed by atoms with van der Waals surface area (Å²) in [4.78, 5) is 0. The predicted molar refractivity (Wildman–Crippen MR) is 55.6 cm³/mol. The molecule has 14 heavy (non-hydrogen) atoms. The van der Waals surface area contributed by atoms with Crippen LogP contribution in [0.25, 0.3) is 0 Å². The van der Waals surface area contributed by atoms with E-state index in [0.717, 1.165) is 18.4 Å². The molecule has 0 saturated heterocycles. The van der Waals surface area contributed by atoms with Gasteiger partial charge in [0.05, 0.1) is 0 Å². The first kappa shape index (κ1) is 9.38. The average Bonchev–Trinajstić information content (AvgIpc) is 2.52. The van der Waals surface area contributed by atoms with E-state index >= 15 is 0 Å². The molecule has 1 aliphatic carbocycles. The number of aromatic hydroxyl groups is 2. The maximum Gasteiger partial charge on any atom is 0.123 e. The van der Waals surface area contributed by atoms with Crippen molar-refractivity contribution in [3.63, 3.8) is 0 Å². The van der Waals surface area contributed by atoms with Gasteiger partial charge in [0.15, 0.2) is 0 Å². The minimum absolute atomic E-state index is 0.109. The first-order chi connectivity index (χ1) is 6.62. The maximum atomic E-state index is 9.76. The molecule has 0 unspecified atom stereocenters. The van der Waals surface area contributed by atoms with Crippen molar-refractivity contribution in [2.24, 2.45) is 0 Å². The molecule has 0 spiro atoms. The van der Waals surface area contributed by atoms with Crippen LogP contribution in [0.15, 0.2) is 18.2 Å². The molecule has 1 aromatic rings. The van der Waals surface area contributed by atoms with E-state index in [4.69, 9.17) is 0 Å². The van der Waals surface area contributed by atoms with Crippen LogP contribution in [0.4, 0.5) is 0 Å². The lowest BCUT2D eigenvalue weighted by molar-refractivity contribution is 0.414. The first-order valence-corrected chi connectivity index (χ1v) is 5.14. The molecular weight excluding hydrogens is 176 g/mol. The van der Waals surface area contributed by atoms with Crippen molar-refractivity contribution in [1.82, 2.24) is 0 Å².